The molecular formula is C18H20N4O2S. The Labute approximate surface area is 150 Å². The Balaban J connectivity index is 1.87. The number of rotatable bonds is 5. The Hall–Kier alpha value is -2.67. The van der Waals surface area contributed by atoms with Gasteiger partial charge in [-0.15, -0.1) is 0 Å². The molecule has 0 unspecified atom stereocenters. The summed E-state index contributed by atoms with van der Waals surface area (Å²) in [6.07, 6.45) is 1.80. The molecule has 7 heteroatoms. The quantitative estimate of drug-likeness (QED) is 0.427. The monoisotopic (exact) mass is 356 g/mol. The van der Waals surface area contributed by atoms with Crippen LogP contribution in [0.1, 0.15) is 33.5 Å². The zero-order chi connectivity index (χ0) is 18.0. The average molecular weight is 356 g/mol. The number of aromatic nitrogens is 2. The second-order valence-corrected chi connectivity index (χ2v) is 6.55. The summed E-state index contributed by atoms with van der Waals surface area (Å²) in [4.78, 5) is 16.4. The lowest BCUT2D eigenvalue weighted by Gasteiger charge is -2.03. The topological polar surface area (TPSA) is 68.5 Å². The van der Waals surface area contributed by atoms with Crippen molar-refractivity contribution < 1.29 is 9.53 Å². The highest BCUT2D eigenvalue weighted by molar-refractivity contribution is 7.17. The van der Waals surface area contributed by atoms with Crippen molar-refractivity contribution in [3.05, 3.63) is 46.1 Å². The second kappa shape index (κ2) is 7.06. The number of nitrogens with one attached hydrogen (secondary N) is 1. The number of hydrazone groups is 1. The lowest BCUT2D eigenvalue weighted by molar-refractivity contribution is 0.0605. The first-order valence-corrected chi connectivity index (χ1v) is 8.81. The first-order valence-electron chi connectivity index (χ1n) is 7.99. The van der Waals surface area contributed by atoms with E-state index in [0.717, 1.165) is 17.5 Å². The van der Waals surface area contributed by atoms with Crippen molar-refractivity contribution >= 4 is 39.6 Å². The summed E-state index contributed by atoms with van der Waals surface area (Å²) in [5.74, 6) is -0.381. The fourth-order valence-corrected chi connectivity index (χ4v) is 3.74. The molecule has 0 amide bonds. The van der Waals surface area contributed by atoms with E-state index in [4.69, 9.17) is 4.74 Å². The minimum atomic E-state index is -0.381. The summed E-state index contributed by atoms with van der Waals surface area (Å²) in [6, 6.07) is 8.28. The van der Waals surface area contributed by atoms with Gasteiger partial charge in [-0.05, 0) is 26.8 Å². The number of carbonyl (C=O) groups is 1. The Morgan fingerprint density at radius 2 is 2.16 bits per heavy atom. The molecule has 0 aliphatic carbocycles. The molecule has 1 aromatic carbocycles. The van der Waals surface area contributed by atoms with Crippen molar-refractivity contribution in [1.82, 2.24) is 9.55 Å². The molecule has 0 spiro atoms. The van der Waals surface area contributed by atoms with Crippen LogP contribution < -0.4 is 5.43 Å². The van der Waals surface area contributed by atoms with Crippen molar-refractivity contribution in [2.75, 3.05) is 12.5 Å². The highest BCUT2D eigenvalue weighted by Crippen LogP contribution is 2.25. The molecule has 0 saturated heterocycles. The third-order valence-corrected chi connectivity index (χ3v) is 5.16. The van der Waals surface area contributed by atoms with Gasteiger partial charge < -0.3 is 9.30 Å². The molecule has 130 valence electrons. The predicted octanol–water partition coefficient (Wildman–Crippen LogP) is 3.97. The van der Waals surface area contributed by atoms with E-state index in [1.165, 1.54) is 29.7 Å². The predicted molar refractivity (Wildman–Crippen MR) is 102 cm³/mol. The first-order chi connectivity index (χ1) is 12.1. The number of nitrogens with zero attached hydrogens (tertiary/aromatic N) is 3. The minimum Gasteiger partial charge on any atom is -0.465 e. The van der Waals surface area contributed by atoms with Crippen molar-refractivity contribution in [3.63, 3.8) is 0 Å². The van der Waals surface area contributed by atoms with Crippen LogP contribution in [0.15, 0.2) is 29.4 Å². The number of hydrogen-bond donors (Lipinski definition) is 1. The normalized spacial score (nSPS) is 11.4. The Morgan fingerprint density at radius 1 is 1.40 bits per heavy atom. The molecule has 6 nitrogen and oxygen atoms in total. The number of para-hydroxylation sites is 1. The summed E-state index contributed by atoms with van der Waals surface area (Å²) in [6.45, 7) is 6.90. The summed E-state index contributed by atoms with van der Waals surface area (Å²) in [5.41, 5.74) is 6.98. The van der Waals surface area contributed by atoms with Crippen LogP contribution in [0.2, 0.25) is 0 Å². The average Bonchev–Trinajstić information content (AvgIpc) is 3.12. The van der Waals surface area contributed by atoms with Crippen LogP contribution >= 0.6 is 11.3 Å². The summed E-state index contributed by atoms with van der Waals surface area (Å²) in [7, 11) is 1.36. The van der Waals surface area contributed by atoms with Gasteiger partial charge in [-0.25, -0.2) is 9.78 Å². The lowest BCUT2D eigenvalue weighted by Crippen LogP contribution is -1.99. The Kier molecular flexibility index (Phi) is 4.85. The van der Waals surface area contributed by atoms with Crippen LogP contribution in [-0.2, 0) is 11.3 Å². The van der Waals surface area contributed by atoms with E-state index in [2.05, 4.69) is 46.1 Å². The van der Waals surface area contributed by atoms with Gasteiger partial charge in [0, 0.05) is 28.7 Å². The molecule has 2 heterocycles. The maximum atomic E-state index is 11.6. The van der Waals surface area contributed by atoms with Crippen LogP contribution in [0.4, 0.5) is 5.13 Å². The molecule has 25 heavy (non-hydrogen) atoms. The third-order valence-electron chi connectivity index (χ3n) is 4.12. The zero-order valence-electron chi connectivity index (χ0n) is 14.7. The molecule has 0 atom stereocenters. The summed E-state index contributed by atoms with van der Waals surface area (Å²) < 4.78 is 7.01. The van der Waals surface area contributed by atoms with Crippen LogP contribution in [0.5, 0.6) is 0 Å². The van der Waals surface area contributed by atoms with Crippen molar-refractivity contribution in [2.24, 2.45) is 5.10 Å². The Bertz CT molecular complexity index is 956. The van der Waals surface area contributed by atoms with Gasteiger partial charge >= 0.3 is 5.97 Å². The number of thiazole rings is 1. The van der Waals surface area contributed by atoms with Gasteiger partial charge in [0.25, 0.3) is 0 Å². The lowest BCUT2D eigenvalue weighted by atomic mass is 10.1. The molecule has 2 aromatic heterocycles. The van der Waals surface area contributed by atoms with E-state index >= 15 is 0 Å². The number of anilines is 1. The number of aryl methyl sites for hydroxylation is 2. The summed E-state index contributed by atoms with van der Waals surface area (Å²) >= 11 is 1.23. The van der Waals surface area contributed by atoms with Gasteiger partial charge in [0.1, 0.15) is 4.88 Å². The van der Waals surface area contributed by atoms with Gasteiger partial charge in [0.2, 0.25) is 5.13 Å². The maximum Gasteiger partial charge on any atom is 0.350 e. The molecule has 0 bridgehead atoms. The van der Waals surface area contributed by atoms with Gasteiger partial charge in [-0.2, -0.15) is 5.10 Å². The molecule has 3 aromatic rings. The van der Waals surface area contributed by atoms with E-state index < -0.39 is 0 Å². The molecule has 0 fully saturated rings. The molecule has 0 aliphatic rings. The zero-order valence-corrected chi connectivity index (χ0v) is 15.5. The number of hydrogen-bond acceptors (Lipinski definition) is 6. The minimum absolute atomic E-state index is 0.381. The Morgan fingerprint density at radius 3 is 2.88 bits per heavy atom. The second-order valence-electron chi connectivity index (χ2n) is 5.56. The molecule has 0 radical (unpaired) electrons. The van der Waals surface area contributed by atoms with Gasteiger partial charge in [-0.1, -0.05) is 29.5 Å². The number of esters is 1. The smallest absolute Gasteiger partial charge is 0.350 e. The number of fused-ring (bicyclic) bond motifs is 1. The largest absolute Gasteiger partial charge is 0.465 e. The van der Waals surface area contributed by atoms with Crippen molar-refractivity contribution in [3.8, 4) is 0 Å². The highest BCUT2D eigenvalue weighted by Gasteiger charge is 2.15. The van der Waals surface area contributed by atoms with E-state index in [-0.39, 0.29) is 5.97 Å². The maximum absolute atomic E-state index is 11.6. The van der Waals surface area contributed by atoms with Gasteiger partial charge in [-0.3, -0.25) is 5.43 Å². The molecular weight excluding hydrogens is 336 g/mol. The number of methoxy groups -OCH3 is 1. The van der Waals surface area contributed by atoms with E-state index in [9.17, 15) is 4.79 Å². The SMILES string of the molecule is CCn1c(C)c(/C=N\Nc2nc(C)c(C(=O)OC)s2)c2ccccc21. The highest BCUT2D eigenvalue weighted by atomic mass is 32.1. The van der Waals surface area contributed by atoms with Crippen LogP contribution in [0.25, 0.3) is 10.9 Å². The van der Waals surface area contributed by atoms with E-state index in [1.807, 2.05) is 12.1 Å². The molecule has 1 N–H and O–H groups in total. The fourth-order valence-electron chi connectivity index (χ4n) is 2.91. The fraction of sp³-hybridized carbons (Fsp3) is 0.278. The molecule has 0 saturated carbocycles. The van der Waals surface area contributed by atoms with E-state index in [1.54, 1.807) is 13.1 Å². The van der Waals surface area contributed by atoms with Gasteiger partial charge in [0.15, 0.2) is 0 Å². The molecule has 0 aliphatic heterocycles. The number of carbonyl (C=O) groups excluding carboxylic acids is 1. The van der Waals surface area contributed by atoms with Crippen molar-refractivity contribution in [1.29, 1.82) is 0 Å². The number of benzene rings is 1. The first kappa shape index (κ1) is 17.2. The van der Waals surface area contributed by atoms with E-state index in [0.29, 0.717) is 15.7 Å². The molecule has 3 rings (SSSR count). The van der Waals surface area contributed by atoms with Crippen LogP contribution in [-0.4, -0.2) is 28.8 Å². The summed E-state index contributed by atoms with van der Waals surface area (Å²) in [5, 5.41) is 6.04. The number of ether oxygens (including phenoxy) is 1. The van der Waals surface area contributed by atoms with Crippen molar-refractivity contribution in [2.45, 2.75) is 27.3 Å². The third kappa shape index (κ3) is 3.15. The van der Waals surface area contributed by atoms with Crippen LogP contribution in [0.3, 0.4) is 0 Å². The van der Waals surface area contributed by atoms with Crippen LogP contribution in [0, 0.1) is 13.8 Å². The standard InChI is InChI=1S/C18H20N4O2S/c1-5-22-12(3)14(13-8-6-7-9-15(13)22)10-19-21-18-20-11(2)16(25-18)17(23)24-4/h6-10H,5H2,1-4H3,(H,20,21)/b19-10-. The van der Waals surface area contributed by atoms with Gasteiger partial charge in [0.05, 0.1) is 19.0 Å².